The minimum atomic E-state index is 0.558. The Morgan fingerprint density at radius 3 is 2.82 bits per heavy atom. The van der Waals surface area contributed by atoms with Gasteiger partial charge in [0.2, 0.25) is 5.95 Å². The van der Waals surface area contributed by atoms with E-state index in [2.05, 4.69) is 50.0 Å². The molecule has 0 fully saturated rings. The number of hydrogen-bond acceptors (Lipinski definition) is 5. The normalized spacial score (nSPS) is 10.8. The van der Waals surface area contributed by atoms with Gasteiger partial charge < -0.3 is 20.4 Å². The predicted molar refractivity (Wildman–Crippen MR) is 114 cm³/mol. The van der Waals surface area contributed by atoms with Crippen molar-refractivity contribution >= 4 is 28.4 Å². The number of fused-ring (bicyclic) bond motifs is 1. The number of H-pyrrole nitrogens is 1. The van der Waals surface area contributed by atoms with Crippen LogP contribution in [-0.2, 0) is 6.42 Å². The van der Waals surface area contributed by atoms with Gasteiger partial charge in [-0.25, -0.2) is 4.98 Å². The Hall–Kier alpha value is -3.54. The van der Waals surface area contributed by atoms with Gasteiger partial charge in [0.25, 0.3) is 0 Å². The summed E-state index contributed by atoms with van der Waals surface area (Å²) in [6, 6.07) is 18.0. The zero-order valence-corrected chi connectivity index (χ0v) is 16.0. The molecule has 2 heterocycles. The quantitative estimate of drug-likeness (QED) is 0.439. The Bertz CT molecular complexity index is 1090. The average molecular weight is 373 g/mol. The third kappa shape index (κ3) is 4.06. The zero-order valence-electron chi connectivity index (χ0n) is 16.0. The van der Waals surface area contributed by atoms with Crippen molar-refractivity contribution in [1.29, 1.82) is 0 Å². The fourth-order valence-electron chi connectivity index (χ4n) is 3.21. The summed E-state index contributed by atoms with van der Waals surface area (Å²) in [5.41, 5.74) is 4.24. The molecule has 3 N–H and O–H groups in total. The lowest BCUT2D eigenvalue weighted by Gasteiger charge is -2.10. The predicted octanol–water partition coefficient (Wildman–Crippen LogP) is 4.67. The number of aryl methyl sites for hydroxylation is 1. The number of hydrogen-bond donors (Lipinski definition) is 3. The molecule has 142 valence electrons. The molecule has 0 saturated heterocycles. The van der Waals surface area contributed by atoms with Crippen LogP contribution in [0.15, 0.2) is 60.8 Å². The lowest BCUT2D eigenvalue weighted by molar-refractivity contribution is 0.415. The number of anilines is 3. The van der Waals surface area contributed by atoms with E-state index in [1.165, 1.54) is 16.5 Å². The summed E-state index contributed by atoms with van der Waals surface area (Å²) in [7, 11) is 1.65. The number of benzene rings is 2. The summed E-state index contributed by atoms with van der Waals surface area (Å²) >= 11 is 0. The topological polar surface area (TPSA) is 74.9 Å². The second-order valence-electron chi connectivity index (χ2n) is 6.61. The van der Waals surface area contributed by atoms with Gasteiger partial charge in [0.15, 0.2) is 0 Å². The van der Waals surface area contributed by atoms with E-state index < -0.39 is 0 Å². The van der Waals surface area contributed by atoms with Gasteiger partial charge in [0.05, 0.1) is 7.11 Å². The van der Waals surface area contributed by atoms with Gasteiger partial charge >= 0.3 is 0 Å². The molecule has 0 bridgehead atoms. The molecule has 0 radical (unpaired) electrons. The number of nitrogens with zero attached hydrogens (tertiary/aromatic N) is 2. The number of para-hydroxylation sites is 1. The van der Waals surface area contributed by atoms with Crippen molar-refractivity contribution in [2.75, 3.05) is 24.3 Å². The lowest BCUT2D eigenvalue weighted by Crippen LogP contribution is -2.08. The second-order valence-corrected chi connectivity index (χ2v) is 6.61. The molecule has 28 heavy (non-hydrogen) atoms. The molecule has 0 unspecified atom stereocenters. The maximum absolute atomic E-state index is 5.26. The molecule has 2 aromatic carbocycles. The first-order valence-corrected chi connectivity index (χ1v) is 9.27. The number of nitrogens with one attached hydrogen (secondary N) is 3. The van der Waals surface area contributed by atoms with Crippen LogP contribution in [0.3, 0.4) is 0 Å². The summed E-state index contributed by atoms with van der Waals surface area (Å²) in [5, 5.41) is 7.92. The molecule has 4 rings (SSSR count). The largest absolute Gasteiger partial charge is 0.497 e. The van der Waals surface area contributed by atoms with Crippen LogP contribution in [-0.4, -0.2) is 28.6 Å². The minimum absolute atomic E-state index is 0.558. The van der Waals surface area contributed by atoms with E-state index >= 15 is 0 Å². The Labute approximate surface area is 164 Å². The van der Waals surface area contributed by atoms with E-state index in [0.29, 0.717) is 5.95 Å². The van der Waals surface area contributed by atoms with Crippen molar-refractivity contribution in [2.24, 2.45) is 0 Å². The summed E-state index contributed by atoms with van der Waals surface area (Å²) in [6.45, 7) is 2.75. The summed E-state index contributed by atoms with van der Waals surface area (Å²) in [4.78, 5) is 12.4. The number of aromatic nitrogens is 3. The lowest BCUT2D eigenvalue weighted by atomic mass is 10.1. The van der Waals surface area contributed by atoms with Crippen LogP contribution in [0.2, 0.25) is 0 Å². The van der Waals surface area contributed by atoms with Crippen molar-refractivity contribution in [3.8, 4) is 5.75 Å². The highest BCUT2D eigenvalue weighted by atomic mass is 16.5. The first-order valence-electron chi connectivity index (χ1n) is 9.27. The Balaban J connectivity index is 1.43. The molecule has 2 aromatic heterocycles. The first-order chi connectivity index (χ1) is 13.7. The molecular weight excluding hydrogens is 350 g/mol. The molecule has 0 aliphatic rings. The van der Waals surface area contributed by atoms with Crippen molar-refractivity contribution in [1.82, 2.24) is 15.0 Å². The summed E-state index contributed by atoms with van der Waals surface area (Å²) in [5.74, 6) is 2.15. The van der Waals surface area contributed by atoms with Gasteiger partial charge in [-0.2, -0.15) is 4.98 Å². The number of methoxy groups -OCH3 is 1. The molecule has 6 nitrogen and oxygen atoms in total. The molecule has 0 aliphatic carbocycles. The van der Waals surface area contributed by atoms with E-state index in [0.717, 1.165) is 35.9 Å². The van der Waals surface area contributed by atoms with E-state index in [4.69, 9.17) is 4.74 Å². The number of ether oxygens (including phenoxy) is 1. The third-order valence-corrected chi connectivity index (χ3v) is 4.56. The van der Waals surface area contributed by atoms with Crippen LogP contribution >= 0.6 is 0 Å². The highest BCUT2D eigenvalue weighted by Gasteiger charge is 2.06. The molecule has 6 heteroatoms. The highest BCUT2D eigenvalue weighted by molar-refractivity contribution is 5.83. The molecule has 0 amide bonds. The molecular formula is C22H23N5O. The first kappa shape index (κ1) is 17.9. The van der Waals surface area contributed by atoms with Gasteiger partial charge in [0.1, 0.15) is 11.6 Å². The maximum Gasteiger partial charge on any atom is 0.229 e. The molecule has 0 saturated carbocycles. The Morgan fingerprint density at radius 2 is 1.93 bits per heavy atom. The van der Waals surface area contributed by atoms with E-state index in [1.54, 1.807) is 7.11 Å². The molecule has 0 atom stereocenters. The van der Waals surface area contributed by atoms with Crippen LogP contribution < -0.4 is 15.4 Å². The van der Waals surface area contributed by atoms with Crippen molar-refractivity contribution in [3.63, 3.8) is 0 Å². The van der Waals surface area contributed by atoms with Gasteiger partial charge in [0, 0.05) is 47.2 Å². The van der Waals surface area contributed by atoms with Crippen molar-refractivity contribution in [3.05, 3.63) is 72.1 Å². The van der Waals surface area contributed by atoms with Crippen LogP contribution in [0, 0.1) is 6.92 Å². The fraction of sp³-hybridized carbons (Fsp3) is 0.182. The second kappa shape index (κ2) is 8.00. The highest BCUT2D eigenvalue weighted by Crippen LogP contribution is 2.21. The third-order valence-electron chi connectivity index (χ3n) is 4.56. The Morgan fingerprint density at radius 1 is 1.04 bits per heavy atom. The van der Waals surface area contributed by atoms with E-state index in [1.807, 2.05) is 43.3 Å². The van der Waals surface area contributed by atoms with Crippen LogP contribution in [0.25, 0.3) is 10.9 Å². The standard InChI is InChI=1S/C22H23N5O/c1-15-12-21(23-11-10-16-14-24-20-9-4-3-8-19(16)20)27-22(25-15)26-17-6-5-7-18(13-17)28-2/h3-9,12-14,24H,10-11H2,1-2H3,(H2,23,25,26,27). The SMILES string of the molecule is COc1cccc(Nc2nc(C)cc(NCCc3c[nH]c4ccccc34)n2)c1. The van der Waals surface area contributed by atoms with Crippen LogP contribution in [0.1, 0.15) is 11.3 Å². The van der Waals surface area contributed by atoms with Gasteiger partial charge in [-0.15, -0.1) is 0 Å². The Kier molecular flexibility index (Phi) is 5.10. The van der Waals surface area contributed by atoms with Crippen molar-refractivity contribution < 1.29 is 4.74 Å². The summed E-state index contributed by atoms with van der Waals surface area (Å²) < 4.78 is 5.26. The van der Waals surface area contributed by atoms with E-state index in [9.17, 15) is 0 Å². The van der Waals surface area contributed by atoms with Gasteiger partial charge in [-0.05, 0) is 37.1 Å². The maximum atomic E-state index is 5.26. The number of aromatic amines is 1. The van der Waals surface area contributed by atoms with E-state index in [-0.39, 0.29) is 0 Å². The fourth-order valence-corrected chi connectivity index (χ4v) is 3.21. The van der Waals surface area contributed by atoms with Gasteiger partial charge in [-0.3, -0.25) is 0 Å². The van der Waals surface area contributed by atoms with Crippen LogP contribution in [0.5, 0.6) is 5.75 Å². The monoisotopic (exact) mass is 373 g/mol. The van der Waals surface area contributed by atoms with Crippen LogP contribution in [0.4, 0.5) is 17.5 Å². The molecule has 0 aliphatic heterocycles. The number of rotatable bonds is 7. The molecule has 0 spiro atoms. The summed E-state index contributed by atoms with van der Waals surface area (Å²) in [6.07, 6.45) is 2.99. The molecule has 4 aromatic rings. The zero-order chi connectivity index (χ0) is 19.3. The smallest absolute Gasteiger partial charge is 0.229 e. The average Bonchev–Trinajstić information content (AvgIpc) is 3.11. The van der Waals surface area contributed by atoms with Gasteiger partial charge in [-0.1, -0.05) is 24.3 Å². The minimum Gasteiger partial charge on any atom is -0.497 e. The van der Waals surface area contributed by atoms with Crippen molar-refractivity contribution in [2.45, 2.75) is 13.3 Å².